The minimum Gasteiger partial charge on any atom is -0.469 e. The molecule has 5 nitrogen and oxygen atoms in total. The van der Waals surface area contributed by atoms with Gasteiger partial charge < -0.3 is 15.0 Å². The van der Waals surface area contributed by atoms with Crippen molar-refractivity contribution >= 4 is 17.6 Å². The van der Waals surface area contributed by atoms with Gasteiger partial charge in [-0.25, -0.2) is 0 Å². The van der Waals surface area contributed by atoms with E-state index in [-0.39, 0.29) is 24.3 Å². The molecule has 1 heterocycles. The maximum Gasteiger partial charge on any atom is 0.306 e. The highest BCUT2D eigenvalue weighted by atomic mass is 16.5. The van der Waals surface area contributed by atoms with Crippen LogP contribution in [0, 0.1) is 0 Å². The van der Waals surface area contributed by atoms with E-state index < -0.39 is 0 Å². The summed E-state index contributed by atoms with van der Waals surface area (Å²) in [6, 6.07) is 7.28. The van der Waals surface area contributed by atoms with Gasteiger partial charge in [0.15, 0.2) is 0 Å². The highest BCUT2D eigenvalue weighted by molar-refractivity contribution is 6.04. The molecular formula is C13H16N2O3. The molecular weight excluding hydrogens is 232 g/mol. The number of para-hydroxylation sites is 1. The molecule has 0 fully saturated rings. The number of likely N-dealkylation sites (N-methyl/N-ethyl adjacent to an activating group) is 1. The lowest BCUT2D eigenvalue weighted by Crippen LogP contribution is -2.33. The number of anilines is 1. The van der Waals surface area contributed by atoms with E-state index in [1.54, 1.807) is 11.9 Å². The molecule has 2 rings (SSSR count). The monoisotopic (exact) mass is 248 g/mol. The van der Waals surface area contributed by atoms with E-state index in [2.05, 4.69) is 10.1 Å². The van der Waals surface area contributed by atoms with Gasteiger partial charge >= 0.3 is 5.97 Å². The molecule has 0 bridgehead atoms. The van der Waals surface area contributed by atoms with E-state index in [4.69, 9.17) is 0 Å². The molecule has 5 heteroatoms. The van der Waals surface area contributed by atoms with Gasteiger partial charge in [-0.05, 0) is 6.07 Å². The Kier molecular flexibility index (Phi) is 3.62. The summed E-state index contributed by atoms with van der Waals surface area (Å²) in [6.07, 6.45) is 0.256. The number of nitrogens with one attached hydrogen (secondary N) is 1. The predicted octanol–water partition coefficient (Wildman–Crippen LogP) is 0.857. The Hall–Kier alpha value is -1.88. The highest BCUT2D eigenvalue weighted by Crippen LogP contribution is 2.34. The molecule has 0 aliphatic carbocycles. The molecule has 1 aromatic rings. The molecule has 1 aromatic carbocycles. The summed E-state index contributed by atoms with van der Waals surface area (Å²) in [5.41, 5.74) is 1.87. The third-order valence-electron chi connectivity index (χ3n) is 3.09. The van der Waals surface area contributed by atoms with Gasteiger partial charge in [0, 0.05) is 24.8 Å². The molecule has 96 valence electrons. The minimum atomic E-state index is -0.365. The quantitative estimate of drug-likeness (QED) is 0.803. The second-order valence-corrected chi connectivity index (χ2v) is 4.17. The van der Waals surface area contributed by atoms with Crippen molar-refractivity contribution in [1.29, 1.82) is 0 Å². The van der Waals surface area contributed by atoms with E-state index in [9.17, 15) is 9.59 Å². The summed E-state index contributed by atoms with van der Waals surface area (Å²) in [7, 11) is 3.11. The van der Waals surface area contributed by atoms with Crippen LogP contribution in [0.5, 0.6) is 0 Å². The SMILES string of the molecule is COC(=O)CCNC1C(=O)N(C)c2ccccc21. The zero-order valence-electron chi connectivity index (χ0n) is 10.5. The Labute approximate surface area is 106 Å². The smallest absolute Gasteiger partial charge is 0.306 e. The summed E-state index contributed by atoms with van der Waals surface area (Å²) in [5, 5.41) is 3.09. The molecule has 0 saturated heterocycles. The first-order chi connectivity index (χ1) is 8.65. The summed E-state index contributed by atoms with van der Waals surface area (Å²) < 4.78 is 4.56. The van der Waals surface area contributed by atoms with Gasteiger partial charge in [0.25, 0.3) is 0 Å². The number of methoxy groups -OCH3 is 1. The molecule has 0 spiro atoms. The van der Waals surface area contributed by atoms with Crippen LogP contribution in [0.1, 0.15) is 18.0 Å². The summed E-state index contributed by atoms with van der Waals surface area (Å²) in [5.74, 6) is -0.282. The second kappa shape index (κ2) is 5.18. The number of benzene rings is 1. The third-order valence-corrected chi connectivity index (χ3v) is 3.09. The van der Waals surface area contributed by atoms with Crippen molar-refractivity contribution in [2.75, 3.05) is 25.6 Å². The van der Waals surface area contributed by atoms with Crippen molar-refractivity contribution in [1.82, 2.24) is 5.32 Å². The maximum atomic E-state index is 12.1. The zero-order valence-corrected chi connectivity index (χ0v) is 10.5. The van der Waals surface area contributed by atoms with Crippen LogP contribution in [0.15, 0.2) is 24.3 Å². The lowest BCUT2D eigenvalue weighted by Gasteiger charge is -2.12. The summed E-state index contributed by atoms with van der Waals surface area (Å²) in [4.78, 5) is 24.7. The number of amides is 1. The molecule has 1 aliphatic rings. The van der Waals surface area contributed by atoms with E-state index in [0.29, 0.717) is 6.54 Å². The van der Waals surface area contributed by atoms with Gasteiger partial charge in [-0.3, -0.25) is 9.59 Å². The lowest BCUT2D eigenvalue weighted by atomic mass is 10.1. The topological polar surface area (TPSA) is 58.6 Å². The van der Waals surface area contributed by atoms with Crippen molar-refractivity contribution in [3.05, 3.63) is 29.8 Å². The number of nitrogens with zero attached hydrogens (tertiary/aromatic N) is 1. The van der Waals surface area contributed by atoms with Gasteiger partial charge in [0.1, 0.15) is 6.04 Å². The molecule has 18 heavy (non-hydrogen) atoms. The van der Waals surface area contributed by atoms with E-state index in [1.807, 2.05) is 24.3 Å². The Morgan fingerprint density at radius 2 is 2.17 bits per heavy atom. The van der Waals surface area contributed by atoms with Crippen LogP contribution in [-0.4, -0.2) is 32.6 Å². The Morgan fingerprint density at radius 3 is 2.89 bits per heavy atom. The average Bonchev–Trinajstić information content (AvgIpc) is 2.64. The first kappa shape index (κ1) is 12.6. The van der Waals surface area contributed by atoms with Crippen LogP contribution in [0.4, 0.5) is 5.69 Å². The largest absolute Gasteiger partial charge is 0.469 e. The number of hydrogen-bond acceptors (Lipinski definition) is 4. The Morgan fingerprint density at radius 1 is 1.44 bits per heavy atom. The maximum absolute atomic E-state index is 12.1. The molecule has 1 N–H and O–H groups in total. The van der Waals surface area contributed by atoms with Crippen molar-refractivity contribution in [2.45, 2.75) is 12.5 Å². The molecule has 0 saturated carbocycles. The van der Waals surface area contributed by atoms with Gasteiger partial charge in [-0.2, -0.15) is 0 Å². The fraction of sp³-hybridized carbons (Fsp3) is 0.385. The number of ether oxygens (including phenoxy) is 1. The number of rotatable bonds is 4. The number of esters is 1. The van der Waals surface area contributed by atoms with Gasteiger partial charge in [-0.1, -0.05) is 18.2 Å². The Bertz CT molecular complexity index is 473. The van der Waals surface area contributed by atoms with E-state index >= 15 is 0 Å². The second-order valence-electron chi connectivity index (χ2n) is 4.17. The Balaban J connectivity index is 2.05. The fourth-order valence-corrected chi connectivity index (χ4v) is 2.10. The predicted molar refractivity (Wildman–Crippen MR) is 67.2 cm³/mol. The van der Waals surface area contributed by atoms with Gasteiger partial charge in [0.05, 0.1) is 13.5 Å². The average molecular weight is 248 g/mol. The zero-order chi connectivity index (χ0) is 13.1. The first-order valence-corrected chi connectivity index (χ1v) is 5.82. The number of fused-ring (bicyclic) bond motifs is 1. The first-order valence-electron chi connectivity index (χ1n) is 5.82. The molecule has 0 aromatic heterocycles. The third kappa shape index (κ3) is 2.22. The van der Waals surface area contributed by atoms with Crippen LogP contribution in [0.3, 0.4) is 0 Å². The lowest BCUT2D eigenvalue weighted by molar-refractivity contribution is -0.140. The normalized spacial score (nSPS) is 17.8. The van der Waals surface area contributed by atoms with Crippen LogP contribution in [0.2, 0.25) is 0 Å². The van der Waals surface area contributed by atoms with Crippen molar-refractivity contribution < 1.29 is 14.3 Å². The molecule has 1 atom stereocenters. The molecule has 0 radical (unpaired) electrons. The van der Waals surface area contributed by atoms with Crippen molar-refractivity contribution in [2.24, 2.45) is 0 Å². The van der Waals surface area contributed by atoms with Crippen LogP contribution < -0.4 is 10.2 Å². The van der Waals surface area contributed by atoms with Crippen molar-refractivity contribution in [3.8, 4) is 0 Å². The molecule has 1 aliphatic heterocycles. The summed E-state index contributed by atoms with van der Waals surface area (Å²) in [6.45, 7) is 0.422. The number of hydrogen-bond donors (Lipinski definition) is 1. The summed E-state index contributed by atoms with van der Waals surface area (Å²) >= 11 is 0. The fourth-order valence-electron chi connectivity index (χ4n) is 2.10. The number of carbonyl (C=O) groups excluding carboxylic acids is 2. The van der Waals surface area contributed by atoms with E-state index in [1.165, 1.54) is 7.11 Å². The van der Waals surface area contributed by atoms with E-state index in [0.717, 1.165) is 11.3 Å². The van der Waals surface area contributed by atoms with Crippen LogP contribution in [0.25, 0.3) is 0 Å². The van der Waals surface area contributed by atoms with Gasteiger partial charge in [-0.15, -0.1) is 0 Å². The highest BCUT2D eigenvalue weighted by Gasteiger charge is 2.34. The number of carbonyl (C=O) groups is 2. The standard InChI is InChI=1S/C13H16N2O3/c1-15-10-6-4-3-5-9(10)12(13(15)17)14-8-7-11(16)18-2/h3-6,12,14H,7-8H2,1-2H3. The minimum absolute atomic E-state index is 0.000987. The van der Waals surface area contributed by atoms with Crippen LogP contribution >= 0.6 is 0 Å². The van der Waals surface area contributed by atoms with Crippen LogP contribution in [-0.2, 0) is 14.3 Å². The van der Waals surface area contributed by atoms with Crippen molar-refractivity contribution in [3.63, 3.8) is 0 Å². The molecule has 1 amide bonds. The molecule has 1 unspecified atom stereocenters. The van der Waals surface area contributed by atoms with Gasteiger partial charge in [0.2, 0.25) is 5.91 Å².